The quantitative estimate of drug-likeness (QED) is 0.519. The van der Waals surface area contributed by atoms with E-state index in [0.29, 0.717) is 18.6 Å². The van der Waals surface area contributed by atoms with Gasteiger partial charge in [-0.05, 0) is 66.3 Å². The summed E-state index contributed by atoms with van der Waals surface area (Å²) in [4.78, 5) is 15.0. The Kier molecular flexibility index (Phi) is 6.62. The fourth-order valence-corrected chi connectivity index (χ4v) is 5.13. The summed E-state index contributed by atoms with van der Waals surface area (Å²) in [6.07, 6.45) is 3.59. The summed E-state index contributed by atoms with van der Waals surface area (Å²) in [6, 6.07) is 15.5. The van der Waals surface area contributed by atoms with Crippen LogP contribution in [0.3, 0.4) is 0 Å². The van der Waals surface area contributed by atoms with Crippen molar-refractivity contribution in [1.29, 1.82) is 0 Å². The van der Waals surface area contributed by atoms with Gasteiger partial charge in [0, 0.05) is 17.8 Å². The van der Waals surface area contributed by atoms with Gasteiger partial charge in [0.2, 0.25) is 0 Å². The first-order valence-corrected chi connectivity index (χ1v) is 11.9. The Morgan fingerprint density at radius 3 is 2.55 bits per heavy atom. The third-order valence-electron chi connectivity index (χ3n) is 5.55. The topological polar surface area (TPSA) is 115 Å². The minimum atomic E-state index is -3.87. The summed E-state index contributed by atoms with van der Waals surface area (Å²) in [5.74, 6) is 0.144. The average Bonchev–Trinajstić information content (AvgIpc) is 2.83. The normalized spacial score (nSPS) is 15.5. The van der Waals surface area contributed by atoms with Crippen molar-refractivity contribution in [2.24, 2.45) is 0 Å². The third kappa shape index (κ3) is 5.15. The van der Waals surface area contributed by atoms with Crippen molar-refractivity contribution in [3.05, 3.63) is 71.9 Å². The second kappa shape index (κ2) is 9.60. The van der Waals surface area contributed by atoms with Crippen molar-refractivity contribution < 1.29 is 27.8 Å². The van der Waals surface area contributed by atoms with Crippen LogP contribution in [0, 0.1) is 0 Å². The molecule has 2 aromatic carbocycles. The van der Waals surface area contributed by atoms with Gasteiger partial charge in [-0.15, -0.1) is 0 Å². The molecule has 2 N–H and O–H groups in total. The number of rotatable bonds is 8. The van der Waals surface area contributed by atoms with Crippen molar-refractivity contribution in [3.63, 3.8) is 0 Å². The van der Waals surface area contributed by atoms with Crippen LogP contribution in [0.15, 0.2) is 65.8 Å². The molecular formula is C24H24N2O6S. The van der Waals surface area contributed by atoms with Gasteiger partial charge >= 0.3 is 5.97 Å². The highest BCUT2D eigenvalue weighted by Gasteiger charge is 2.28. The van der Waals surface area contributed by atoms with Crippen LogP contribution in [0.4, 0.5) is 0 Å². The Morgan fingerprint density at radius 2 is 1.88 bits per heavy atom. The largest absolute Gasteiger partial charge is 0.497 e. The van der Waals surface area contributed by atoms with Gasteiger partial charge in [0.05, 0.1) is 7.11 Å². The Balaban J connectivity index is 1.53. The number of aromatic nitrogens is 1. The van der Waals surface area contributed by atoms with Gasteiger partial charge in [-0.3, -0.25) is 0 Å². The van der Waals surface area contributed by atoms with Crippen molar-refractivity contribution in [3.8, 4) is 22.6 Å². The van der Waals surface area contributed by atoms with E-state index in [4.69, 9.17) is 14.6 Å². The fraction of sp³-hybridized carbons (Fsp3) is 0.250. The van der Waals surface area contributed by atoms with Crippen LogP contribution in [-0.4, -0.2) is 38.2 Å². The summed E-state index contributed by atoms with van der Waals surface area (Å²) in [6.45, 7) is -0.447. The van der Waals surface area contributed by atoms with E-state index in [1.54, 1.807) is 25.3 Å². The number of fused-ring (bicyclic) bond motifs is 1. The fourth-order valence-electron chi connectivity index (χ4n) is 3.95. The number of nitrogens with one attached hydrogen (secondary N) is 1. The van der Waals surface area contributed by atoms with E-state index in [2.05, 4.69) is 9.71 Å². The first-order chi connectivity index (χ1) is 15.9. The Morgan fingerprint density at radius 1 is 1.12 bits per heavy atom. The van der Waals surface area contributed by atoms with E-state index in [0.717, 1.165) is 34.4 Å². The number of sulfonamides is 1. The second-order valence-electron chi connectivity index (χ2n) is 7.69. The number of hydrogen-bond donors (Lipinski definition) is 2. The maximum atomic E-state index is 13.0. The van der Waals surface area contributed by atoms with Gasteiger partial charge in [0.15, 0.2) is 11.6 Å². The van der Waals surface area contributed by atoms with Crippen LogP contribution in [0.5, 0.6) is 11.5 Å². The molecule has 9 heteroatoms. The lowest BCUT2D eigenvalue weighted by molar-refractivity contribution is -0.139. The van der Waals surface area contributed by atoms with Crippen LogP contribution >= 0.6 is 0 Å². The molecule has 0 saturated carbocycles. The van der Waals surface area contributed by atoms with Gasteiger partial charge in [0.1, 0.15) is 11.5 Å². The summed E-state index contributed by atoms with van der Waals surface area (Å²) < 4.78 is 39.4. The highest BCUT2D eigenvalue weighted by molar-refractivity contribution is 7.89. The molecule has 4 rings (SSSR count). The van der Waals surface area contributed by atoms with Crippen molar-refractivity contribution >= 4 is 16.0 Å². The van der Waals surface area contributed by atoms with Crippen molar-refractivity contribution in [1.82, 2.24) is 9.71 Å². The highest BCUT2D eigenvalue weighted by Crippen LogP contribution is 2.36. The molecule has 1 aliphatic carbocycles. The SMILES string of the molecule is COc1ccc(-c2ccc(S(=O)(=O)NC3CCCc4c(OCC(=O)O)cccc43)nc2)cc1. The molecule has 1 heterocycles. The van der Waals surface area contributed by atoms with Gasteiger partial charge in [0.25, 0.3) is 10.0 Å². The number of hydrogen-bond acceptors (Lipinski definition) is 6. The van der Waals surface area contributed by atoms with E-state index in [1.165, 1.54) is 12.3 Å². The molecule has 33 heavy (non-hydrogen) atoms. The van der Waals surface area contributed by atoms with Crippen LogP contribution in [0.25, 0.3) is 11.1 Å². The Labute approximate surface area is 192 Å². The summed E-state index contributed by atoms with van der Waals surface area (Å²) >= 11 is 0. The number of pyridine rings is 1. The molecule has 0 amide bonds. The molecule has 1 aliphatic rings. The minimum absolute atomic E-state index is 0.0647. The smallest absolute Gasteiger partial charge is 0.341 e. The van der Waals surface area contributed by atoms with Crippen LogP contribution < -0.4 is 14.2 Å². The first-order valence-electron chi connectivity index (χ1n) is 10.5. The van der Waals surface area contributed by atoms with E-state index in [9.17, 15) is 13.2 Å². The van der Waals surface area contributed by atoms with Crippen molar-refractivity contribution in [2.45, 2.75) is 30.3 Å². The molecule has 0 fully saturated rings. The Bertz CT molecular complexity index is 1240. The van der Waals surface area contributed by atoms with E-state index < -0.39 is 28.6 Å². The molecule has 1 atom stereocenters. The molecule has 1 aromatic heterocycles. The molecule has 0 aliphatic heterocycles. The lowest BCUT2D eigenvalue weighted by Gasteiger charge is -2.27. The lowest BCUT2D eigenvalue weighted by Crippen LogP contribution is -2.31. The number of benzene rings is 2. The predicted molar refractivity (Wildman–Crippen MR) is 122 cm³/mol. The molecule has 1 unspecified atom stereocenters. The number of carbonyl (C=O) groups is 1. The average molecular weight is 469 g/mol. The van der Waals surface area contributed by atoms with Crippen LogP contribution in [0.2, 0.25) is 0 Å². The Hall–Kier alpha value is -3.43. The van der Waals surface area contributed by atoms with Crippen molar-refractivity contribution in [2.75, 3.05) is 13.7 Å². The number of ether oxygens (including phenoxy) is 2. The molecule has 0 saturated heterocycles. The van der Waals surface area contributed by atoms with Crippen LogP contribution in [0.1, 0.15) is 30.0 Å². The van der Waals surface area contributed by atoms with Gasteiger partial charge in [-0.25, -0.2) is 22.9 Å². The minimum Gasteiger partial charge on any atom is -0.497 e. The number of carboxylic acid groups (broad SMARTS) is 1. The first kappa shape index (κ1) is 22.8. The van der Waals surface area contributed by atoms with E-state index >= 15 is 0 Å². The lowest BCUT2D eigenvalue weighted by atomic mass is 9.87. The maximum Gasteiger partial charge on any atom is 0.341 e. The predicted octanol–water partition coefficient (Wildman–Crippen LogP) is 3.58. The number of nitrogens with zero attached hydrogens (tertiary/aromatic N) is 1. The zero-order valence-electron chi connectivity index (χ0n) is 18.0. The number of aliphatic carboxylic acids is 1. The summed E-state index contributed by atoms with van der Waals surface area (Å²) in [5.41, 5.74) is 3.32. The van der Waals surface area contributed by atoms with E-state index in [-0.39, 0.29) is 5.03 Å². The van der Waals surface area contributed by atoms with Gasteiger partial charge < -0.3 is 14.6 Å². The van der Waals surface area contributed by atoms with E-state index in [1.807, 2.05) is 30.3 Å². The van der Waals surface area contributed by atoms with Gasteiger partial charge in [-0.2, -0.15) is 0 Å². The third-order valence-corrected chi connectivity index (χ3v) is 6.93. The maximum absolute atomic E-state index is 13.0. The number of methoxy groups -OCH3 is 1. The van der Waals surface area contributed by atoms with Crippen LogP contribution in [-0.2, 0) is 21.2 Å². The molecule has 3 aromatic rings. The monoisotopic (exact) mass is 468 g/mol. The molecule has 0 bridgehead atoms. The number of carboxylic acids is 1. The molecule has 8 nitrogen and oxygen atoms in total. The second-order valence-corrected chi connectivity index (χ2v) is 9.35. The standard InChI is InChI=1S/C24H24N2O6S/c1-31-18-11-8-16(9-12-18)17-10-13-23(25-14-17)33(29,30)26-21-6-2-5-20-19(21)4-3-7-22(20)32-15-24(27)28/h3-4,7-14,21,26H,2,5-6,15H2,1H3,(H,27,28). The molecular weight excluding hydrogens is 444 g/mol. The molecule has 0 radical (unpaired) electrons. The summed E-state index contributed by atoms with van der Waals surface area (Å²) in [7, 11) is -2.27. The zero-order valence-corrected chi connectivity index (χ0v) is 18.8. The highest BCUT2D eigenvalue weighted by atomic mass is 32.2. The summed E-state index contributed by atoms with van der Waals surface area (Å²) in [5, 5.41) is 8.83. The zero-order chi connectivity index (χ0) is 23.4. The van der Waals surface area contributed by atoms with Gasteiger partial charge in [-0.1, -0.05) is 24.3 Å². The molecule has 172 valence electrons. The molecule has 0 spiro atoms.